The third-order valence-electron chi connectivity index (χ3n) is 9.32. The Bertz CT molecular complexity index is 2490. The topological polar surface area (TPSA) is 63.7 Å². The van der Waals surface area contributed by atoms with E-state index in [0.29, 0.717) is 18.8 Å². The van der Waals surface area contributed by atoms with Crippen LogP contribution < -0.4 is 0 Å². The zero-order valence-corrected chi connectivity index (χ0v) is 26.0. The molecular weight excluding hydrogens is 589 g/mol. The molecule has 5 heteroatoms. The molecule has 4 heterocycles. The van der Waals surface area contributed by atoms with Crippen LogP contribution in [-0.2, 0) is 18.0 Å². The zero-order chi connectivity index (χ0) is 32.0. The number of pyridine rings is 2. The predicted molar refractivity (Wildman–Crippen MR) is 191 cm³/mol. The fourth-order valence-electron chi connectivity index (χ4n) is 7.00. The summed E-state index contributed by atoms with van der Waals surface area (Å²) in [5.74, 6) is 0. The first-order valence-electron chi connectivity index (χ1n) is 16.0. The van der Waals surface area contributed by atoms with Gasteiger partial charge in [-0.15, -0.1) is 0 Å². The van der Waals surface area contributed by atoms with Crippen molar-refractivity contribution in [1.29, 1.82) is 5.26 Å². The van der Waals surface area contributed by atoms with E-state index in [4.69, 9.17) is 4.74 Å². The molecule has 0 unspecified atom stereocenters. The molecule has 3 aromatic heterocycles. The minimum Gasteiger partial charge on any atom is -0.372 e. The fraction of sp³-hybridized carbons (Fsp3) is 0.0465. The number of hydrogen-bond acceptors (Lipinski definition) is 4. The Balaban J connectivity index is 1.23. The molecule has 8 aromatic rings. The van der Waals surface area contributed by atoms with Gasteiger partial charge in [-0.3, -0.25) is 9.97 Å². The van der Waals surface area contributed by atoms with Gasteiger partial charge in [0.2, 0.25) is 0 Å². The highest BCUT2D eigenvalue weighted by Gasteiger charge is 2.19. The summed E-state index contributed by atoms with van der Waals surface area (Å²) in [7, 11) is 0. The SMILES string of the molecule is N#Cc1ccc2c(c1)c1ccccc1n2-c1ccc2c(c1)-c1cc(-c3cc(-c4cccnc4)cc(-c4cccnc4)c3)ccc1COC2. The van der Waals surface area contributed by atoms with Gasteiger partial charge in [-0.2, -0.15) is 5.26 Å². The van der Waals surface area contributed by atoms with Crippen molar-refractivity contribution in [2.45, 2.75) is 13.2 Å². The number of rotatable bonds is 4. The number of fused-ring (bicyclic) bond motifs is 6. The number of para-hydroxylation sites is 1. The molecule has 0 aliphatic carbocycles. The summed E-state index contributed by atoms with van der Waals surface area (Å²) in [5, 5.41) is 11.8. The monoisotopic (exact) mass is 616 g/mol. The molecule has 5 nitrogen and oxygen atoms in total. The van der Waals surface area contributed by atoms with Crippen molar-refractivity contribution in [3.63, 3.8) is 0 Å². The largest absolute Gasteiger partial charge is 0.372 e. The van der Waals surface area contributed by atoms with Gasteiger partial charge < -0.3 is 9.30 Å². The van der Waals surface area contributed by atoms with E-state index in [0.717, 1.165) is 77.6 Å². The molecule has 0 radical (unpaired) electrons. The van der Waals surface area contributed by atoms with Crippen molar-refractivity contribution < 1.29 is 4.74 Å². The van der Waals surface area contributed by atoms with Crippen LogP contribution in [0.3, 0.4) is 0 Å². The van der Waals surface area contributed by atoms with Crippen LogP contribution in [0.2, 0.25) is 0 Å². The average Bonchev–Trinajstić information content (AvgIpc) is 3.37. The zero-order valence-electron chi connectivity index (χ0n) is 26.0. The summed E-state index contributed by atoms with van der Waals surface area (Å²) < 4.78 is 8.50. The lowest BCUT2D eigenvalue weighted by atomic mass is 9.90. The Hall–Kier alpha value is -6.35. The van der Waals surface area contributed by atoms with E-state index in [9.17, 15) is 5.26 Å². The fourth-order valence-corrected chi connectivity index (χ4v) is 7.00. The minimum atomic E-state index is 0.542. The average molecular weight is 617 g/mol. The molecular formula is C43H28N4O. The number of nitriles is 1. The Morgan fingerprint density at radius 1 is 0.542 bits per heavy atom. The van der Waals surface area contributed by atoms with Crippen LogP contribution in [0.4, 0.5) is 0 Å². The summed E-state index contributed by atoms with van der Waals surface area (Å²) >= 11 is 0. The lowest BCUT2D eigenvalue weighted by Crippen LogP contribution is -1.97. The first kappa shape index (κ1) is 27.9. The van der Waals surface area contributed by atoms with Crippen molar-refractivity contribution >= 4 is 21.8 Å². The second-order valence-electron chi connectivity index (χ2n) is 12.2. The third kappa shape index (κ3) is 4.75. The van der Waals surface area contributed by atoms with Gasteiger partial charge in [0.25, 0.3) is 0 Å². The van der Waals surface area contributed by atoms with E-state index in [2.05, 4.69) is 118 Å². The maximum atomic E-state index is 9.62. The Kier molecular flexibility index (Phi) is 6.67. The van der Waals surface area contributed by atoms with E-state index in [-0.39, 0.29) is 0 Å². The maximum absolute atomic E-state index is 9.62. The van der Waals surface area contributed by atoms with Crippen molar-refractivity contribution in [1.82, 2.24) is 14.5 Å². The summed E-state index contributed by atoms with van der Waals surface area (Å²) in [6.07, 6.45) is 7.43. The van der Waals surface area contributed by atoms with E-state index >= 15 is 0 Å². The summed E-state index contributed by atoms with van der Waals surface area (Å²) in [5.41, 5.74) is 15.1. The molecule has 48 heavy (non-hydrogen) atoms. The smallest absolute Gasteiger partial charge is 0.0991 e. The van der Waals surface area contributed by atoms with Gasteiger partial charge in [0.05, 0.1) is 35.9 Å². The Labute approximate surface area is 278 Å². The normalized spacial score (nSPS) is 12.3. The third-order valence-corrected chi connectivity index (χ3v) is 9.32. The summed E-state index contributed by atoms with van der Waals surface area (Å²) in [4.78, 5) is 8.78. The van der Waals surface area contributed by atoms with Gasteiger partial charge in [0.1, 0.15) is 0 Å². The second kappa shape index (κ2) is 11.5. The number of nitrogens with zero attached hydrogens (tertiary/aromatic N) is 4. The summed E-state index contributed by atoms with van der Waals surface area (Å²) in [6, 6.07) is 44.9. The van der Waals surface area contributed by atoms with Gasteiger partial charge in [-0.25, -0.2) is 0 Å². The number of benzene rings is 5. The molecule has 1 aliphatic rings. The highest BCUT2D eigenvalue weighted by atomic mass is 16.5. The van der Waals surface area contributed by atoms with Gasteiger partial charge in [-0.1, -0.05) is 48.5 Å². The molecule has 226 valence electrons. The molecule has 0 amide bonds. The molecule has 0 spiro atoms. The first-order valence-corrected chi connectivity index (χ1v) is 16.0. The molecule has 1 aliphatic heterocycles. The van der Waals surface area contributed by atoms with Crippen LogP contribution in [0, 0.1) is 11.3 Å². The lowest BCUT2D eigenvalue weighted by molar-refractivity contribution is 0.110. The first-order chi connectivity index (χ1) is 23.7. The number of hydrogen-bond donors (Lipinski definition) is 0. The maximum Gasteiger partial charge on any atom is 0.0991 e. The van der Waals surface area contributed by atoms with Crippen molar-refractivity contribution in [2.75, 3.05) is 0 Å². The molecule has 0 N–H and O–H groups in total. The van der Waals surface area contributed by atoms with E-state index in [1.807, 2.05) is 36.7 Å². The lowest BCUT2D eigenvalue weighted by Gasteiger charge is -2.16. The molecule has 5 aromatic carbocycles. The molecule has 0 fully saturated rings. The predicted octanol–water partition coefficient (Wildman–Crippen LogP) is 10.1. The Morgan fingerprint density at radius 2 is 1.19 bits per heavy atom. The molecule has 0 atom stereocenters. The van der Waals surface area contributed by atoms with Crippen LogP contribution in [0.1, 0.15) is 16.7 Å². The Morgan fingerprint density at radius 3 is 1.88 bits per heavy atom. The molecule has 0 bridgehead atoms. The highest BCUT2D eigenvalue weighted by molar-refractivity contribution is 6.09. The quantitative estimate of drug-likeness (QED) is 0.197. The van der Waals surface area contributed by atoms with Crippen molar-refractivity contribution in [3.8, 4) is 56.3 Å². The number of aromatic nitrogens is 3. The minimum absolute atomic E-state index is 0.542. The number of ether oxygens (including phenoxy) is 1. The summed E-state index contributed by atoms with van der Waals surface area (Å²) in [6.45, 7) is 1.09. The second-order valence-corrected chi connectivity index (χ2v) is 12.2. The van der Waals surface area contributed by atoms with Crippen LogP contribution in [-0.4, -0.2) is 14.5 Å². The highest BCUT2D eigenvalue weighted by Crippen LogP contribution is 2.40. The molecule has 9 rings (SSSR count). The van der Waals surface area contributed by atoms with Crippen molar-refractivity contribution in [2.24, 2.45) is 0 Å². The van der Waals surface area contributed by atoms with Crippen LogP contribution >= 0.6 is 0 Å². The molecule has 0 saturated heterocycles. The van der Waals surface area contributed by atoms with E-state index in [1.54, 1.807) is 12.4 Å². The van der Waals surface area contributed by atoms with Crippen LogP contribution in [0.5, 0.6) is 0 Å². The van der Waals surface area contributed by atoms with Crippen LogP contribution in [0.25, 0.3) is 72.0 Å². The van der Waals surface area contributed by atoms with Gasteiger partial charge in [0.15, 0.2) is 0 Å². The van der Waals surface area contributed by atoms with Gasteiger partial charge in [0, 0.05) is 52.4 Å². The van der Waals surface area contributed by atoms with Crippen molar-refractivity contribution in [3.05, 3.63) is 163 Å². The van der Waals surface area contributed by atoms with E-state index < -0.39 is 0 Å². The van der Waals surface area contributed by atoms with Gasteiger partial charge in [-0.05, 0) is 117 Å². The van der Waals surface area contributed by atoms with E-state index in [1.165, 1.54) is 5.56 Å². The molecule has 0 saturated carbocycles. The van der Waals surface area contributed by atoms with Gasteiger partial charge >= 0.3 is 0 Å². The van der Waals surface area contributed by atoms with Crippen LogP contribution in [0.15, 0.2) is 146 Å². The standard InChI is InChI=1S/C43H28N4O/c44-23-28-9-14-43-41(17-28)38-7-1-2-8-42(38)47(43)37-13-12-33-27-48-26-32-11-10-29(21-39(32)40(33)22-37)34-18-35(30-5-3-15-45-24-30)20-36(19-34)31-6-4-16-46-25-31/h1-22,24-25H,26-27H2.